The molecule has 1 amide bonds. The van der Waals surface area contributed by atoms with Crippen molar-refractivity contribution < 1.29 is 28.5 Å². The van der Waals surface area contributed by atoms with Crippen molar-refractivity contribution in [3.63, 3.8) is 0 Å². The predicted octanol–water partition coefficient (Wildman–Crippen LogP) is 2.57. The zero-order valence-electron chi connectivity index (χ0n) is 22.1. The average molecular weight is 525 g/mol. The summed E-state index contributed by atoms with van der Waals surface area (Å²) in [6.45, 7) is 5.47. The van der Waals surface area contributed by atoms with Crippen LogP contribution in [0.4, 0.5) is 5.95 Å². The van der Waals surface area contributed by atoms with E-state index in [0.29, 0.717) is 97.1 Å². The number of fused-ring (bicyclic) bond motifs is 2. The molecule has 1 aromatic heterocycles. The highest BCUT2D eigenvalue weighted by Gasteiger charge is 2.27. The molecule has 0 saturated carbocycles. The number of hydrogen-bond acceptors (Lipinski definition) is 9. The largest absolute Gasteiger partial charge is 0.493 e. The van der Waals surface area contributed by atoms with E-state index in [1.54, 1.807) is 33.7 Å². The number of aromatic nitrogens is 2. The van der Waals surface area contributed by atoms with Gasteiger partial charge in [0, 0.05) is 44.4 Å². The van der Waals surface area contributed by atoms with Crippen LogP contribution < -0.4 is 34.1 Å². The van der Waals surface area contributed by atoms with Gasteiger partial charge in [-0.25, -0.2) is 4.98 Å². The first kappa shape index (κ1) is 25.5. The summed E-state index contributed by atoms with van der Waals surface area (Å²) in [4.78, 5) is 35.6. The minimum atomic E-state index is -0.134. The minimum absolute atomic E-state index is 0.111. The van der Waals surface area contributed by atoms with Crippen LogP contribution in [-0.2, 0) is 6.54 Å². The number of anilines is 1. The second-order valence-electron chi connectivity index (χ2n) is 9.07. The van der Waals surface area contributed by atoms with E-state index in [1.807, 2.05) is 6.92 Å². The van der Waals surface area contributed by atoms with Crippen molar-refractivity contribution in [3.05, 3.63) is 40.2 Å². The standard InChI is InChI=1S/C27H32N4O7/c1-5-6-31-26(33)18-15-20-21(38-12-11-37-20)16-19(18)28-27(31)30-9-7-29(8-10-30)25(32)17-13-22(34-2)24(36-4)23(14-17)35-3/h13-16H,5-12H2,1-4H3. The number of rotatable bonds is 7. The van der Waals surface area contributed by atoms with Crippen LogP contribution in [0.15, 0.2) is 29.1 Å². The Balaban J connectivity index is 1.41. The first-order valence-corrected chi connectivity index (χ1v) is 12.7. The van der Waals surface area contributed by atoms with Gasteiger partial charge in [-0.1, -0.05) is 6.92 Å². The zero-order valence-corrected chi connectivity index (χ0v) is 22.1. The lowest BCUT2D eigenvalue weighted by molar-refractivity contribution is 0.0745. The molecule has 1 fully saturated rings. The van der Waals surface area contributed by atoms with Crippen molar-refractivity contribution in [2.75, 3.05) is 65.6 Å². The van der Waals surface area contributed by atoms with Gasteiger partial charge in [-0.15, -0.1) is 0 Å². The summed E-state index contributed by atoms with van der Waals surface area (Å²) >= 11 is 0. The monoisotopic (exact) mass is 524 g/mol. The average Bonchev–Trinajstić information content (AvgIpc) is 2.96. The van der Waals surface area contributed by atoms with Gasteiger partial charge in [0.1, 0.15) is 13.2 Å². The molecule has 5 rings (SSSR count). The van der Waals surface area contributed by atoms with Gasteiger partial charge < -0.3 is 33.5 Å². The van der Waals surface area contributed by atoms with Crippen molar-refractivity contribution in [1.82, 2.24) is 14.5 Å². The molecule has 0 bridgehead atoms. The Morgan fingerprint density at radius 1 is 0.921 bits per heavy atom. The molecule has 202 valence electrons. The first-order valence-electron chi connectivity index (χ1n) is 12.7. The smallest absolute Gasteiger partial charge is 0.262 e. The number of carbonyl (C=O) groups is 1. The van der Waals surface area contributed by atoms with E-state index in [1.165, 1.54) is 21.3 Å². The molecule has 2 aromatic carbocycles. The highest BCUT2D eigenvalue weighted by molar-refractivity contribution is 5.96. The normalized spacial score (nSPS) is 14.9. The van der Waals surface area contributed by atoms with E-state index < -0.39 is 0 Å². The zero-order chi connectivity index (χ0) is 26.8. The van der Waals surface area contributed by atoms with Gasteiger partial charge in [0.15, 0.2) is 23.0 Å². The van der Waals surface area contributed by atoms with E-state index in [-0.39, 0.29) is 11.5 Å². The second-order valence-corrected chi connectivity index (χ2v) is 9.07. The summed E-state index contributed by atoms with van der Waals surface area (Å²) in [7, 11) is 4.56. The topological polar surface area (TPSA) is 105 Å². The number of amides is 1. The number of piperazine rings is 1. The summed E-state index contributed by atoms with van der Waals surface area (Å²) in [5, 5.41) is 0.502. The van der Waals surface area contributed by atoms with Crippen LogP contribution in [0.25, 0.3) is 10.9 Å². The lowest BCUT2D eigenvalue weighted by Crippen LogP contribution is -2.50. The maximum absolute atomic E-state index is 13.5. The van der Waals surface area contributed by atoms with E-state index in [9.17, 15) is 9.59 Å². The van der Waals surface area contributed by atoms with Gasteiger partial charge in [-0.2, -0.15) is 0 Å². The summed E-state index contributed by atoms with van der Waals surface area (Å²) in [5.41, 5.74) is 0.906. The van der Waals surface area contributed by atoms with Crippen LogP contribution in [0.1, 0.15) is 23.7 Å². The van der Waals surface area contributed by atoms with Crippen LogP contribution in [0, 0.1) is 0 Å². The molecule has 11 nitrogen and oxygen atoms in total. The van der Waals surface area contributed by atoms with E-state index >= 15 is 0 Å². The molecule has 0 spiro atoms. The van der Waals surface area contributed by atoms with E-state index in [2.05, 4.69) is 4.90 Å². The SMILES string of the molecule is CCCn1c(N2CCN(C(=O)c3cc(OC)c(OC)c(OC)c3)CC2)nc2cc3c(cc2c1=O)OCCO3. The molecule has 3 heterocycles. The number of carbonyl (C=O) groups excluding carboxylic acids is 1. The third-order valence-corrected chi connectivity index (χ3v) is 6.81. The Labute approximate surface area is 220 Å². The minimum Gasteiger partial charge on any atom is -0.493 e. The summed E-state index contributed by atoms with van der Waals surface area (Å²) in [5.74, 6) is 2.91. The van der Waals surface area contributed by atoms with Crippen LogP contribution >= 0.6 is 0 Å². The highest BCUT2D eigenvalue weighted by Crippen LogP contribution is 2.38. The molecule has 2 aliphatic heterocycles. The van der Waals surface area contributed by atoms with Crippen LogP contribution in [-0.4, -0.2) is 81.1 Å². The van der Waals surface area contributed by atoms with E-state index in [0.717, 1.165) is 6.42 Å². The quantitative estimate of drug-likeness (QED) is 0.461. The Morgan fingerprint density at radius 2 is 1.55 bits per heavy atom. The Kier molecular flexibility index (Phi) is 7.17. The van der Waals surface area contributed by atoms with Crippen LogP contribution in [0.5, 0.6) is 28.7 Å². The molecule has 38 heavy (non-hydrogen) atoms. The van der Waals surface area contributed by atoms with Crippen LogP contribution in [0.2, 0.25) is 0 Å². The van der Waals surface area contributed by atoms with Gasteiger partial charge in [-0.3, -0.25) is 14.2 Å². The number of nitrogens with zero attached hydrogens (tertiary/aromatic N) is 4. The third kappa shape index (κ3) is 4.52. The molecule has 1 saturated heterocycles. The van der Waals surface area contributed by atoms with Gasteiger partial charge in [-0.05, 0) is 24.6 Å². The number of methoxy groups -OCH3 is 3. The molecular weight excluding hydrogens is 492 g/mol. The van der Waals surface area contributed by atoms with Crippen LogP contribution in [0.3, 0.4) is 0 Å². The molecule has 11 heteroatoms. The molecule has 0 unspecified atom stereocenters. The Hall–Kier alpha value is -4.15. The second kappa shape index (κ2) is 10.7. The van der Waals surface area contributed by atoms with Gasteiger partial charge in [0.25, 0.3) is 11.5 Å². The fourth-order valence-corrected chi connectivity index (χ4v) is 4.91. The molecular formula is C27H32N4O7. The molecule has 0 N–H and O–H groups in total. The molecule has 0 atom stereocenters. The third-order valence-electron chi connectivity index (χ3n) is 6.81. The fourth-order valence-electron chi connectivity index (χ4n) is 4.91. The summed E-state index contributed by atoms with van der Waals surface area (Å²) in [6.07, 6.45) is 0.782. The predicted molar refractivity (Wildman–Crippen MR) is 141 cm³/mol. The maximum atomic E-state index is 13.5. The molecule has 0 aliphatic carbocycles. The Morgan fingerprint density at radius 3 is 2.13 bits per heavy atom. The lowest BCUT2D eigenvalue weighted by Gasteiger charge is -2.36. The van der Waals surface area contributed by atoms with Crippen molar-refractivity contribution in [2.45, 2.75) is 19.9 Å². The van der Waals surface area contributed by atoms with Crippen molar-refractivity contribution in [1.29, 1.82) is 0 Å². The fraction of sp³-hybridized carbons (Fsp3) is 0.444. The van der Waals surface area contributed by atoms with Crippen molar-refractivity contribution in [2.24, 2.45) is 0 Å². The number of hydrogen-bond donors (Lipinski definition) is 0. The summed E-state index contributed by atoms with van der Waals surface area (Å²) < 4.78 is 29.3. The van der Waals surface area contributed by atoms with Gasteiger partial charge in [0.2, 0.25) is 11.7 Å². The van der Waals surface area contributed by atoms with Gasteiger partial charge >= 0.3 is 0 Å². The molecule has 2 aliphatic rings. The molecule has 3 aromatic rings. The number of ether oxygens (including phenoxy) is 5. The van der Waals surface area contributed by atoms with E-state index in [4.69, 9.17) is 28.7 Å². The lowest BCUT2D eigenvalue weighted by atomic mass is 10.1. The van der Waals surface area contributed by atoms with Crippen molar-refractivity contribution in [3.8, 4) is 28.7 Å². The summed E-state index contributed by atoms with van der Waals surface area (Å²) in [6, 6.07) is 6.82. The maximum Gasteiger partial charge on any atom is 0.262 e. The molecule has 0 radical (unpaired) electrons. The number of benzene rings is 2. The van der Waals surface area contributed by atoms with Crippen molar-refractivity contribution >= 4 is 22.8 Å². The first-order chi connectivity index (χ1) is 18.5. The van der Waals surface area contributed by atoms with Gasteiger partial charge in [0.05, 0.1) is 32.2 Å². The Bertz CT molecular complexity index is 1390. The highest BCUT2D eigenvalue weighted by atomic mass is 16.6.